The van der Waals surface area contributed by atoms with E-state index in [0.29, 0.717) is 0 Å². The van der Waals surface area contributed by atoms with Crippen molar-refractivity contribution in [3.63, 3.8) is 0 Å². The molecule has 0 aliphatic heterocycles. The van der Waals surface area contributed by atoms with Gasteiger partial charge in [0.25, 0.3) is 0 Å². The highest BCUT2D eigenvalue weighted by molar-refractivity contribution is 9.09. The van der Waals surface area contributed by atoms with Gasteiger partial charge in [-0.15, -0.1) is 0 Å². The van der Waals surface area contributed by atoms with E-state index < -0.39 is 0 Å². The maximum atomic E-state index is 4.48. The molecular formula is C10H17BrN2. The monoisotopic (exact) mass is 244 g/mol. The molecule has 3 heteroatoms. The zero-order chi connectivity index (χ0) is 9.84. The molecule has 0 bridgehead atoms. The second-order valence-corrected chi connectivity index (χ2v) is 4.05. The van der Waals surface area contributed by atoms with Crippen LogP contribution in [0, 0.1) is 13.8 Å². The molecular weight excluding hydrogens is 228 g/mol. The molecule has 1 rings (SSSR count). The summed E-state index contributed by atoms with van der Waals surface area (Å²) in [5.41, 5.74) is 3.96. The number of alkyl halides is 1. The molecule has 0 atom stereocenters. The van der Waals surface area contributed by atoms with Crippen LogP contribution in [0.15, 0.2) is 0 Å². The summed E-state index contributed by atoms with van der Waals surface area (Å²) >= 11 is 3.45. The molecule has 0 N–H and O–H groups in total. The van der Waals surface area contributed by atoms with Crippen LogP contribution in [0.4, 0.5) is 0 Å². The van der Waals surface area contributed by atoms with E-state index in [4.69, 9.17) is 0 Å². The Morgan fingerprint density at radius 3 is 2.54 bits per heavy atom. The van der Waals surface area contributed by atoms with E-state index in [1.54, 1.807) is 0 Å². The van der Waals surface area contributed by atoms with Crippen LogP contribution >= 0.6 is 15.9 Å². The first-order valence-corrected chi connectivity index (χ1v) is 5.91. The number of rotatable bonds is 4. The van der Waals surface area contributed by atoms with Gasteiger partial charge in [-0.3, -0.25) is 4.68 Å². The van der Waals surface area contributed by atoms with Gasteiger partial charge in [-0.2, -0.15) is 5.10 Å². The van der Waals surface area contributed by atoms with Crippen molar-refractivity contribution in [3.05, 3.63) is 17.0 Å². The molecule has 0 aromatic carbocycles. The van der Waals surface area contributed by atoms with Gasteiger partial charge in [0.05, 0.1) is 5.69 Å². The number of aryl methyl sites for hydroxylation is 2. The summed E-state index contributed by atoms with van der Waals surface area (Å²) in [5.74, 6) is 0. The fraction of sp³-hybridized carbons (Fsp3) is 0.700. The molecule has 13 heavy (non-hydrogen) atoms. The quantitative estimate of drug-likeness (QED) is 0.746. The van der Waals surface area contributed by atoms with E-state index in [2.05, 4.69) is 46.5 Å². The van der Waals surface area contributed by atoms with Crippen LogP contribution in [0.25, 0.3) is 0 Å². The summed E-state index contributed by atoms with van der Waals surface area (Å²) in [5, 5.41) is 5.56. The third-order valence-corrected chi connectivity index (χ3v) is 2.95. The van der Waals surface area contributed by atoms with Gasteiger partial charge in [0.1, 0.15) is 0 Å². The highest BCUT2D eigenvalue weighted by atomic mass is 79.9. The molecule has 1 heterocycles. The van der Waals surface area contributed by atoms with Crippen molar-refractivity contribution in [1.29, 1.82) is 0 Å². The van der Waals surface area contributed by atoms with E-state index in [1.807, 2.05) is 0 Å². The number of aromatic nitrogens is 2. The van der Waals surface area contributed by atoms with Crippen molar-refractivity contribution >= 4 is 15.9 Å². The summed E-state index contributed by atoms with van der Waals surface area (Å²) in [6.07, 6.45) is 2.33. The van der Waals surface area contributed by atoms with Gasteiger partial charge in [-0.25, -0.2) is 0 Å². The first-order chi connectivity index (χ1) is 6.20. The molecule has 1 aromatic heterocycles. The first-order valence-electron chi connectivity index (χ1n) is 4.79. The van der Waals surface area contributed by atoms with Gasteiger partial charge in [-0.1, -0.05) is 15.9 Å². The standard InChI is InChI=1S/C10H17BrN2/c1-4-13-9(3)10(6-5-7-11)8(2)12-13/h4-7H2,1-3H3. The van der Waals surface area contributed by atoms with Gasteiger partial charge >= 0.3 is 0 Å². The Morgan fingerprint density at radius 1 is 1.38 bits per heavy atom. The van der Waals surface area contributed by atoms with E-state index in [9.17, 15) is 0 Å². The Morgan fingerprint density at radius 2 is 2.08 bits per heavy atom. The lowest BCUT2D eigenvalue weighted by molar-refractivity contribution is 0.633. The maximum Gasteiger partial charge on any atom is 0.0628 e. The lowest BCUT2D eigenvalue weighted by atomic mass is 10.1. The van der Waals surface area contributed by atoms with Crippen LogP contribution in [0.3, 0.4) is 0 Å². The minimum Gasteiger partial charge on any atom is -0.270 e. The third-order valence-electron chi connectivity index (χ3n) is 2.39. The summed E-state index contributed by atoms with van der Waals surface area (Å²) in [7, 11) is 0. The summed E-state index contributed by atoms with van der Waals surface area (Å²) < 4.78 is 2.08. The minimum absolute atomic E-state index is 0.973. The Labute approximate surface area is 88.5 Å². The summed E-state index contributed by atoms with van der Waals surface area (Å²) in [4.78, 5) is 0. The predicted molar refractivity (Wildman–Crippen MR) is 59.5 cm³/mol. The number of nitrogens with zero attached hydrogens (tertiary/aromatic N) is 2. The first kappa shape index (κ1) is 10.8. The largest absolute Gasteiger partial charge is 0.270 e. The molecule has 0 radical (unpaired) electrons. The maximum absolute atomic E-state index is 4.48. The average molecular weight is 245 g/mol. The Bertz CT molecular complexity index is 279. The topological polar surface area (TPSA) is 17.8 Å². The van der Waals surface area contributed by atoms with Gasteiger partial charge in [0.15, 0.2) is 0 Å². The Balaban J connectivity index is 2.85. The number of halogens is 1. The molecule has 74 valence electrons. The molecule has 0 spiro atoms. The molecule has 0 aliphatic rings. The molecule has 0 saturated carbocycles. The van der Waals surface area contributed by atoms with E-state index >= 15 is 0 Å². The molecule has 0 fully saturated rings. The van der Waals surface area contributed by atoms with Crippen LogP contribution in [-0.2, 0) is 13.0 Å². The Kier molecular flexibility index (Phi) is 3.97. The summed E-state index contributed by atoms with van der Waals surface area (Å²) in [6.45, 7) is 7.37. The van der Waals surface area contributed by atoms with E-state index in [1.165, 1.54) is 23.4 Å². The second kappa shape index (κ2) is 4.80. The fourth-order valence-corrected chi connectivity index (χ4v) is 1.93. The SMILES string of the molecule is CCn1nc(C)c(CCCBr)c1C. The third kappa shape index (κ3) is 2.33. The van der Waals surface area contributed by atoms with Crippen molar-refractivity contribution in [1.82, 2.24) is 9.78 Å². The highest BCUT2D eigenvalue weighted by Crippen LogP contribution is 2.15. The van der Waals surface area contributed by atoms with Crippen molar-refractivity contribution in [3.8, 4) is 0 Å². The molecule has 0 saturated heterocycles. The van der Waals surface area contributed by atoms with Gasteiger partial charge in [-0.05, 0) is 39.2 Å². The van der Waals surface area contributed by atoms with Crippen LogP contribution in [0.1, 0.15) is 30.3 Å². The number of hydrogen-bond acceptors (Lipinski definition) is 1. The zero-order valence-electron chi connectivity index (χ0n) is 8.60. The van der Waals surface area contributed by atoms with Crippen molar-refractivity contribution in [2.45, 2.75) is 40.2 Å². The number of hydrogen-bond donors (Lipinski definition) is 0. The fourth-order valence-electron chi connectivity index (χ4n) is 1.65. The molecule has 1 aromatic rings. The van der Waals surface area contributed by atoms with Crippen LogP contribution in [-0.4, -0.2) is 15.1 Å². The van der Waals surface area contributed by atoms with Crippen LogP contribution < -0.4 is 0 Å². The predicted octanol–water partition coefficient (Wildman–Crippen LogP) is 2.85. The van der Waals surface area contributed by atoms with Crippen molar-refractivity contribution < 1.29 is 0 Å². The lowest BCUT2D eigenvalue weighted by Crippen LogP contribution is -1.99. The smallest absolute Gasteiger partial charge is 0.0628 e. The second-order valence-electron chi connectivity index (χ2n) is 3.26. The molecule has 0 unspecified atom stereocenters. The van der Waals surface area contributed by atoms with Crippen molar-refractivity contribution in [2.75, 3.05) is 5.33 Å². The van der Waals surface area contributed by atoms with Crippen molar-refractivity contribution in [2.24, 2.45) is 0 Å². The van der Waals surface area contributed by atoms with Gasteiger partial charge in [0, 0.05) is 17.6 Å². The minimum atomic E-state index is 0.973. The zero-order valence-corrected chi connectivity index (χ0v) is 10.2. The van der Waals surface area contributed by atoms with Crippen LogP contribution in [0.5, 0.6) is 0 Å². The van der Waals surface area contributed by atoms with Gasteiger partial charge in [0.2, 0.25) is 0 Å². The molecule has 0 aliphatic carbocycles. The summed E-state index contributed by atoms with van der Waals surface area (Å²) in [6, 6.07) is 0. The van der Waals surface area contributed by atoms with Gasteiger partial charge < -0.3 is 0 Å². The van der Waals surface area contributed by atoms with E-state index in [0.717, 1.165) is 18.3 Å². The normalized spacial score (nSPS) is 10.8. The average Bonchev–Trinajstić information content (AvgIpc) is 2.39. The molecule has 0 amide bonds. The molecule has 2 nitrogen and oxygen atoms in total. The van der Waals surface area contributed by atoms with E-state index in [-0.39, 0.29) is 0 Å². The lowest BCUT2D eigenvalue weighted by Gasteiger charge is -2.01. The van der Waals surface area contributed by atoms with Crippen LogP contribution in [0.2, 0.25) is 0 Å². The highest BCUT2D eigenvalue weighted by Gasteiger charge is 2.08. The Hall–Kier alpha value is -0.310.